The Labute approximate surface area is 244 Å². The summed E-state index contributed by atoms with van der Waals surface area (Å²) in [7, 11) is 0. The van der Waals surface area contributed by atoms with Crippen LogP contribution in [-0.2, 0) is 24.3 Å². The summed E-state index contributed by atoms with van der Waals surface area (Å²) in [6.07, 6.45) is 0.177. The molecule has 1 fully saturated rings. The second-order valence-electron chi connectivity index (χ2n) is 10.0. The van der Waals surface area contributed by atoms with Gasteiger partial charge in [0.15, 0.2) is 0 Å². The summed E-state index contributed by atoms with van der Waals surface area (Å²) in [6.45, 7) is 5.31. The number of carboxylic acid groups (broad SMARTS) is 1. The Morgan fingerprint density at radius 3 is 2.36 bits per heavy atom. The average Bonchev–Trinajstić information content (AvgIpc) is 3.01. The molecule has 4 aromatic rings. The fraction of sp³-hybridized carbons (Fsp3) is 0.258. The lowest BCUT2D eigenvalue weighted by molar-refractivity contribution is -0.137. The van der Waals surface area contributed by atoms with Crippen LogP contribution in [0.25, 0.3) is 0 Å². The molecule has 214 valence electrons. The smallest absolute Gasteiger partial charge is 0.326 e. The Hall–Kier alpha value is -5.05. The first-order valence-corrected chi connectivity index (χ1v) is 13.9. The number of nitrogens with zero attached hydrogens (tertiary/aromatic N) is 5. The van der Waals surface area contributed by atoms with Crippen LogP contribution in [0.5, 0.6) is 0 Å². The third-order valence-corrected chi connectivity index (χ3v) is 6.85. The molecule has 5 rings (SSSR count). The van der Waals surface area contributed by atoms with Crippen molar-refractivity contribution in [3.05, 3.63) is 101 Å². The molecule has 0 bridgehead atoms. The van der Waals surface area contributed by atoms with Gasteiger partial charge in [0.05, 0.1) is 11.6 Å². The molecule has 11 nitrogen and oxygen atoms in total. The van der Waals surface area contributed by atoms with Crippen LogP contribution in [0.4, 0.5) is 23.5 Å². The molecule has 0 aliphatic carbocycles. The van der Waals surface area contributed by atoms with Gasteiger partial charge in [-0.25, -0.2) is 4.79 Å². The first-order valence-electron chi connectivity index (χ1n) is 13.9. The van der Waals surface area contributed by atoms with E-state index in [1.54, 1.807) is 24.3 Å². The molecule has 0 saturated carbocycles. The largest absolute Gasteiger partial charge is 0.480 e. The molecule has 11 heteroatoms. The Morgan fingerprint density at radius 2 is 1.62 bits per heavy atom. The van der Waals surface area contributed by atoms with Crippen LogP contribution < -0.4 is 21.3 Å². The summed E-state index contributed by atoms with van der Waals surface area (Å²) in [6, 6.07) is 25.9. The van der Waals surface area contributed by atoms with Crippen LogP contribution >= 0.6 is 0 Å². The minimum absolute atomic E-state index is 0.126. The monoisotopic (exact) mass is 563 g/mol. The lowest BCUT2D eigenvalue weighted by Gasteiger charge is -2.27. The zero-order chi connectivity index (χ0) is 29.1. The Kier molecular flexibility index (Phi) is 9.51. The molecule has 0 amide bonds. The Balaban J connectivity index is 1.36. The van der Waals surface area contributed by atoms with Gasteiger partial charge in [-0.2, -0.15) is 20.2 Å². The molecule has 0 radical (unpaired) electrons. The molecule has 42 heavy (non-hydrogen) atoms. The van der Waals surface area contributed by atoms with Crippen LogP contribution in [0.3, 0.4) is 0 Å². The number of benzene rings is 3. The summed E-state index contributed by atoms with van der Waals surface area (Å²) in [5, 5.41) is 31.9. The van der Waals surface area contributed by atoms with Crippen LogP contribution in [0.2, 0.25) is 0 Å². The SMILES string of the molecule is N#Cc1ccc(C[C@H](Nc2nc(NCc3ccccc3)nc(Nc3cccc(CN4CCNCC4)c3)n2)C(=O)O)cc1. The maximum absolute atomic E-state index is 12.2. The van der Waals surface area contributed by atoms with E-state index in [0.29, 0.717) is 18.1 Å². The standard InChI is InChI=1S/C31H33N9O2/c32-19-23-11-9-22(10-12-23)18-27(28(41)42)36-31-38-29(34-20-24-5-2-1-3-6-24)37-30(39-31)35-26-8-4-7-25(17-26)21-40-15-13-33-14-16-40/h1-12,17,27,33H,13-16,18,20-21H2,(H,41,42)(H3,34,35,36,37,38,39)/t27-/m0/s1. The molecule has 1 aromatic heterocycles. The molecule has 0 unspecified atom stereocenters. The van der Waals surface area contributed by atoms with E-state index in [9.17, 15) is 9.90 Å². The number of carbonyl (C=O) groups is 1. The number of hydrogen-bond donors (Lipinski definition) is 5. The summed E-state index contributed by atoms with van der Waals surface area (Å²) in [5.41, 5.74) is 4.32. The van der Waals surface area contributed by atoms with Crippen molar-refractivity contribution < 1.29 is 9.90 Å². The summed E-state index contributed by atoms with van der Waals surface area (Å²) in [5.74, 6) is -0.335. The number of hydrogen-bond acceptors (Lipinski definition) is 10. The van der Waals surface area contributed by atoms with E-state index in [1.807, 2.05) is 42.5 Å². The number of anilines is 4. The topological polar surface area (TPSA) is 151 Å². The van der Waals surface area contributed by atoms with Crippen molar-refractivity contribution >= 4 is 29.5 Å². The highest BCUT2D eigenvalue weighted by molar-refractivity contribution is 5.77. The highest BCUT2D eigenvalue weighted by Gasteiger charge is 2.20. The highest BCUT2D eigenvalue weighted by Crippen LogP contribution is 2.20. The highest BCUT2D eigenvalue weighted by atomic mass is 16.4. The third-order valence-electron chi connectivity index (χ3n) is 6.85. The summed E-state index contributed by atoms with van der Waals surface area (Å²) < 4.78 is 0. The van der Waals surface area contributed by atoms with Gasteiger partial charge in [0.25, 0.3) is 0 Å². The van der Waals surface area contributed by atoms with Gasteiger partial charge in [-0.05, 0) is 41.0 Å². The van der Waals surface area contributed by atoms with E-state index in [1.165, 1.54) is 5.56 Å². The normalized spacial score (nSPS) is 14.0. The number of nitriles is 1. The van der Waals surface area contributed by atoms with Crippen molar-refractivity contribution in [1.29, 1.82) is 5.26 Å². The minimum Gasteiger partial charge on any atom is -0.480 e. The zero-order valence-electron chi connectivity index (χ0n) is 23.1. The van der Waals surface area contributed by atoms with Gasteiger partial charge < -0.3 is 26.4 Å². The fourth-order valence-corrected chi connectivity index (χ4v) is 4.66. The number of carboxylic acids is 1. The van der Waals surface area contributed by atoms with Gasteiger partial charge in [0.2, 0.25) is 17.8 Å². The summed E-state index contributed by atoms with van der Waals surface area (Å²) in [4.78, 5) is 28.1. The fourth-order valence-electron chi connectivity index (χ4n) is 4.66. The van der Waals surface area contributed by atoms with Crippen LogP contribution in [0, 0.1) is 11.3 Å². The quantitative estimate of drug-likeness (QED) is 0.172. The minimum atomic E-state index is -1.05. The van der Waals surface area contributed by atoms with Crippen molar-refractivity contribution in [1.82, 2.24) is 25.2 Å². The predicted molar refractivity (Wildman–Crippen MR) is 161 cm³/mol. The van der Waals surface area contributed by atoms with E-state index in [4.69, 9.17) is 5.26 Å². The molecule has 1 aliphatic heterocycles. The third kappa shape index (κ3) is 8.23. The van der Waals surface area contributed by atoms with Crippen molar-refractivity contribution in [2.24, 2.45) is 0 Å². The second-order valence-corrected chi connectivity index (χ2v) is 10.0. The maximum Gasteiger partial charge on any atom is 0.326 e. The molecule has 1 saturated heterocycles. The molecule has 0 spiro atoms. The molecule has 3 aromatic carbocycles. The van der Waals surface area contributed by atoms with E-state index in [2.05, 4.69) is 59.3 Å². The molecular formula is C31H33N9O2. The maximum atomic E-state index is 12.2. The van der Waals surface area contributed by atoms with Gasteiger partial charge in [-0.15, -0.1) is 0 Å². The van der Waals surface area contributed by atoms with Crippen LogP contribution in [0.15, 0.2) is 78.9 Å². The van der Waals surface area contributed by atoms with Gasteiger partial charge >= 0.3 is 5.97 Å². The number of piperazine rings is 1. The number of aliphatic carboxylic acids is 1. The van der Waals surface area contributed by atoms with Gasteiger partial charge in [-0.3, -0.25) is 4.90 Å². The zero-order valence-corrected chi connectivity index (χ0v) is 23.1. The van der Waals surface area contributed by atoms with Crippen molar-refractivity contribution in [3.63, 3.8) is 0 Å². The summed E-state index contributed by atoms with van der Waals surface area (Å²) >= 11 is 0. The number of rotatable bonds is 12. The molecule has 2 heterocycles. The lowest BCUT2D eigenvalue weighted by atomic mass is 10.0. The van der Waals surface area contributed by atoms with Crippen LogP contribution in [0.1, 0.15) is 22.3 Å². The van der Waals surface area contributed by atoms with Crippen molar-refractivity contribution in [3.8, 4) is 6.07 Å². The van der Waals surface area contributed by atoms with E-state index in [0.717, 1.165) is 49.5 Å². The molecule has 5 N–H and O–H groups in total. The Bertz CT molecular complexity index is 1520. The second kappa shape index (κ2) is 14.0. The van der Waals surface area contributed by atoms with Gasteiger partial charge in [0.1, 0.15) is 6.04 Å². The molecule has 1 aliphatic rings. The lowest BCUT2D eigenvalue weighted by Crippen LogP contribution is -2.42. The predicted octanol–water partition coefficient (Wildman–Crippen LogP) is 3.61. The van der Waals surface area contributed by atoms with E-state index in [-0.39, 0.29) is 18.3 Å². The number of aromatic nitrogens is 3. The average molecular weight is 564 g/mol. The molecule has 1 atom stereocenters. The van der Waals surface area contributed by atoms with Crippen LogP contribution in [-0.4, -0.2) is 63.1 Å². The van der Waals surface area contributed by atoms with Gasteiger partial charge in [-0.1, -0.05) is 54.6 Å². The van der Waals surface area contributed by atoms with Crippen molar-refractivity contribution in [2.75, 3.05) is 42.1 Å². The number of nitrogens with one attached hydrogen (secondary N) is 4. The first-order chi connectivity index (χ1) is 20.5. The van der Waals surface area contributed by atoms with Crippen molar-refractivity contribution in [2.45, 2.75) is 25.6 Å². The molecular weight excluding hydrogens is 530 g/mol. The Morgan fingerprint density at radius 1 is 0.905 bits per heavy atom. The van der Waals surface area contributed by atoms with E-state index >= 15 is 0 Å². The van der Waals surface area contributed by atoms with Gasteiger partial charge in [0, 0.05) is 51.4 Å². The first kappa shape index (κ1) is 28.5. The van der Waals surface area contributed by atoms with E-state index < -0.39 is 12.0 Å².